The quantitative estimate of drug-likeness (QED) is 0.0499. The van der Waals surface area contributed by atoms with Gasteiger partial charge in [0.15, 0.2) is 28.7 Å². The third-order valence-corrected chi connectivity index (χ3v) is 13.3. The van der Waals surface area contributed by atoms with Crippen LogP contribution < -0.4 is 23.7 Å². The monoisotopic (exact) mass is 760 g/mol. The van der Waals surface area contributed by atoms with Crippen molar-refractivity contribution in [2.75, 3.05) is 25.1 Å². The highest BCUT2D eigenvalue weighted by atomic mass is 33.1. The Labute approximate surface area is 297 Å². The van der Waals surface area contributed by atoms with Gasteiger partial charge in [-0.25, -0.2) is 0 Å². The summed E-state index contributed by atoms with van der Waals surface area (Å²) in [6.07, 6.45) is 9.00. The van der Waals surface area contributed by atoms with E-state index < -0.39 is 27.5 Å². The second-order valence-corrected chi connectivity index (χ2v) is 16.5. The van der Waals surface area contributed by atoms with Crippen LogP contribution in [-0.2, 0) is 9.59 Å². The molecule has 2 aromatic carbocycles. The number of unbranched alkanes of at least 4 members (excludes halogenated alkanes) is 2. The molecule has 2 N–H and O–H groups in total. The van der Waals surface area contributed by atoms with Gasteiger partial charge in [0, 0.05) is 47.0 Å². The van der Waals surface area contributed by atoms with E-state index in [1.54, 1.807) is 0 Å². The number of carbonyl (C=O) groups is 2. The number of carbonyl (C=O) groups excluding carboxylic acids is 1. The van der Waals surface area contributed by atoms with Crippen molar-refractivity contribution < 1.29 is 53.3 Å². The first-order chi connectivity index (χ1) is 23.6. The van der Waals surface area contributed by atoms with Crippen molar-refractivity contribution in [3.63, 3.8) is 0 Å². The molecule has 0 aliphatic carbocycles. The van der Waals surface area contributed by atoms with Gasteiger partial charge in [0.1, 0.15) is 0 Å². The van der Waals surface area contributed by atoms with Crippen LogP contribution in [0.4, 0.5) is 11.4 Å². The molecule has 268 valence electrons. The number of nitrogens with zero attached hydrogens (tertiary/aromatic N) is 2. The highest BCUT2D eigenvalue weighted by Crippen LogP contribution is 2.43. The van der Waals surface area contributed by atoms with E-state index in [1.165, 1.54) is 49.0 Å². The lowest BCUT2D eigenvalue weighted by molar-refractivity contribution is -0.386. The molecule has 19 heteroatoms. The topological polar surface area (TPSA) is 207 Å². The summed E-state index contributed by atoms with van der Waals surface area (Å²) in [4.78, 5) is 42.4. The predicted octanol–water partition coefficient (Wildman–Crippen LogP) is 7.76. The first kappa shape index (κ1) is 38.4. The number of hydrogen-bond acceptors (Lipinski definition) is 16. The number of aromatic hydroxyl groups is 1. The van der Waals surface area contributed by atoms with Crippen LogP contribution in [0.1, 0.15) is 64.2 Å². The van der Waals surface area contributed by atoms with Crippen molar-refractivity contribution in [2.45, 2.75) is 74.7 Å². The minimum Gasteiger partial charge on any atom is -0.502 e. The van der Waals surface area contributed by atoms with Crippen LogP contribution in [0.15, 0.2) is 24.3 Å². The van der Waals surface area contributed by atoms with Crippen molar-refractivity contribution in [3.05, 3.63) is 44.5 Å². The Kier molecular flexibility index (Phi) is 15.4. The van der Waals surface area contributed by atoms with E-state index in [4.69, 9.17) is 33.9 Å². The minimum atomic E-state index is -0.683. The molecule has 0 aromatic heterocycles. The molecule has 0 spiro atoms. The van der Waals surface area contributed by atoms with Crippen molar-refractivity contribution in [3.8, 4) is 34.5 Å². The number of hydrogen-bond donors (Lipinski definition) is 2. The molecule has 2 fully saturated rings. The van der Waals surface area contributed by atoms with Crippen LogP contribution in [-0.4, -0.2) is 67.6 Å². The van der Waals surface area contributed by atoms with Gasteiger partial charge in [0.25, 0.3) is 0 Å². The third kappa shape index (κ3) is 12.4. The number of phenols is 1. The number of fused-ring (bicyclic) bond motifs is 2. The fourth-order valence-electron chi connectivity index (χ4n) is 4.80. The zero-order chi connectivity index (χ0) is 35.2. The summed E-state index contributed by atoms with van der Waals surface area (Å²) in [6, 6.07) is 4.86. The number of nitro groups is 2. The van der Waals surface area contributed by atoms with E-state index >= 15 is 0 Å². The minimum absolute atomic E-state index is 0.00134. The van der Waals surface area contributed by atoms with Crippen molar-refractivity contribution in [1.29, 1.82) is 0 Å². The highest BCUT2D eigenvalue weighted by Gasteiger charge is 2.26. The Morgan fingerprint density at radius 3 is 1.73 bits per heavy atom. The average molecular weight is 761 g/mol. The molecular formula is C30H36N2O13S4. The zero-order valence-corrected chi connectivity index (χ0v) is 29.5. The molecule has 4 aliphatic rings. The van der Waals surface area contributed by atoms with Crippen molar-refractivity contribution in [1.82, 2.24) is 0 Å². The molecule has 15 nitrogen and oxygen atoms in total. The molecule has 0 amide bonds. The number of nitro benzene ring substituents is 2. The first-order valence-electron chi connectivity index (χ1n) is 15.4. The van der Waals surface area contributed by atoms with E-state index in [0.29, 0.717) is 23.2 Å². The van der Waals surface area contributed by atoms with Gasteiger partial charge >= 0.3 is 23.3 Å². The molecule has 4 aliphatic heterocycles. The summed E-state index contributed by atoms with van der Waals surface area (Å²) < 4.78 is 25.3. The van der Waals surface area contributed by atoms with Gasteiger partial charge in [-0.1, -0.05) is 56.0 Å². The molecule has 0 saturated carbocycles. The standard InChI is InChI=1S/C15H17NO6S2.C8H14O2S2.C7H5NO5/c17-15(4-2-1-3-10-5-6-23-24-10)22-12-8-14-13(20-9-21-14)7-11(12)16(18)19;9-8(10)4-2-1-3-7-5-6-11-12-7;9-5-2-7-6(12-3-13-7)1-4(5)8(10)11/h7-8,10H,1-6,9H2;7H,1-6H2,(H,9,10);1-2,9H,3H2. The molecule has 0 radical (unpaired) electrons. The van der Waals surface area contributed by atoms with Gasteiger partial charge in [-0.15, -0.1) is 0 Å². The van der Waals surface area contributed by atoms with Crippen molar-refractivity contribution in [2.24, 2.45) is 0 Å². The van der Waals surface area contributed by atoms with Crippen molar-refractivity contribution >= 4 is 66.5 Å². The van der Waals surface area contributed by atoms with Crippen LogP contribution in [0.3, 0.4) is 0 Å². The van der Waals surface area contributed by atoms with E-state index in [0.717, 1.165) is 43.4 Å². The average Bonchev–Trinajstić information content (AvgIpc) is 3.89. The van der Waals surface area contributed by atoms with Crippen LogP contribution in [0.2, 0.25) is 0 Å². The number of carboxylic acids is 1. The molecule has 6 rings (SSSR count). The Morgan fingerprint density at radius 1 is 0.755 bits per heavy atom. The molecule has 49 heavy (non-hydrogen) atoms. The Hall–Kier alpha value is -3.42. The molecule has 2 saturated heterocycles. The zero-order valence-electron chi connectivity index (χ0n) is 26.3. The highest BCUT2D eigenvalue weighted by molar-refractivity contribution is 8.77. The van der Waals surface area contributed by atoms with Crippen LogP contribution in [0.5, 0.6) is 34.5 Å². The number of carboxylic acid groups (broad SMARTS) is 1. The third-order valence-electron chi connectivity index (χ3n) is 7.32. The fraction of sp³-hybridized carbons (Fsp3) is 0.533. The van der Waals surface area contributed by atoms with E-state index in [1.807, 2.05) is 43.2 Å². The largest absolute Gasteiger partial charge is 0.502 e. The van der Waals surface area contributed by atoms with Crippen LogP contribution >= 0.6 is 43.2 Å². The summed E-state index contributed by atoms with van der Waals surface area (Å²) in [7, 11) is 7.74. The van der Waals surface area contributed by atoms with E-state index in [9.17, 15) is 29.8 Å². The molecular weight excluding hydrogens is 725 g/mol. The lowest BCUT2D eigenvalue weighted by Gasteiger charge is -2.08. The smallest absolute Gasteiger partial charge is 0.315 e. The van der Waals surface area contributed by atoms with Gasteiger partial charge < -0.3 is 33.9 Å². The molecule has 0 bridgehead atoms. The maximum Gasteiger partial charge on any atom is 0.315 e. The molecule has 2 unspecified atom stereocenters. The lowest BCUT2D eigenvalue weighted by atomic mass is 10.1. The van der Waals surface area contributed by atoms with Gasteiger partial charge in [0.2, 0.25) is 19.3 Å². The summed E-state index contributed by atoms with van der Waals surface area (Å²) in [5.74, 6) is 2.06. The lowest BCUT2D eigenvalue weighted by Crippen LogP contribution is -2.09. The normalized spacial score (nSPS) is 18.1. The molecule has 2 atom stereocenters. The van der Waals surface area contributed by atoms with Gasteiger partial charge in [-0.3, -0.25) is 29.8 Å². The maximum absolute atomic E-state index is 12.0. The van der Waals surface area contributed by atoms with E-state index in [-0.39, 0.29) is 48.6 Å². The molecule has 2 aromatic rings. The summed E-state index contributed by atoms with van der Waals surface area (Å²) in [5, 5.41) is 40.5. The van der Waals surface area contributed by atoms with Crippen LogP contribution in [0, 0.1) is 20.2 Å². The Balaban J connectivity index is 0.000000182. The number of ether oxygens (including phenoxy) is 5. The second-order valence-electron chi connectivity index (χ2n) is 10.9. The maximum atomic E-state index is 12.0. The summed E-state index contributed by atoms with van der Waals surface area (Å²) in [6.45, 7) is 0.0251. The summed E-state index contributed by atoms with van der Waals surface area (Å²) >= 11 is 0. The van der Waals surface area contributed by atoms with Crippen LogP contribution in [0.25, 0.3) is 0 Å². The van der Waals surface area contributed by atoms with Gasteiger partial charge in [0.05, 0.1) is 22.0 Å². The predicted molar refractivity (Wildman–Crippen MR) is 187 cm³/mol. The summed E-state index contributed by atoms with van der Waals surface area (Å²) in [5.41, 5.74) is -0.684. The Morgan fingerprint density at radius 2 is 1.24 bits per heavy atom. The number of aliphatic carboxylic acids is 1. The Bertz CT molecular complexity index is 1470. The van der Waals surface area contributed by atoms with Gasteiger partial charge in [-0.05, 0) is 38.5 Å². The SMILES string of the molecule is O=C(CCCCC1CCSS1)Oc1cc2c(cc1[N+](=O)[O-])OCO2.O=C(O)CCCCC1CCSS1.O=[N+]([O-])c1cc2c(cc1O)OCO2. The number of benzene rings is 2. The second kappa shape index (κ2) is 19.7. The van der Waals surface area contributed by atoms with Gasteiger partial charge in [-0.2, -0.15) is 0 Å². The number of phenolic OH excluding ortho intramolecular Hbond substituents is 1. The number of rotatable bonds is 13. The fourth-order valence-corrected chi connectivity index (χ4v) is 10.9. The first-order valence-corrected chi connectivity index (χ1v) is 20.2. The number of esters is 1. The van der Waals surface area contributed by atoms with E-state index in [2.05, 4.69) is 0 Å². The molecule has 4 heterocycles.